The van der Waals surface area contributed by atoms with Crippen LogP contribution >= 0.6 is 23.2 Å². The highest BCUT2D eigenvalue weighted by Crippen LogP contribution is 2.26. The van der Waals surface area contributed by atoms with Gasteiger partial charge in [-0.3, -0.25) is 9.69 Å². The van der Waals surface area contributed by atoms with Crippen molar-refractivity contribution in [2.24, 2.45) is 5.92 Å². The molecule has 2 aromatic carbocycles. The van der Waals surface area contributed by atoms with E-state index in [1.54, 1.807) is 6.07 Å². The van der Waals surface area contributed by atoms with E-state index in [-0.39, 0.29) is 11.8 Å². The van der Waals surface area contributed by atoms with E-state index in [1.807, 2.05) is 38.1 Å². The highest BCUT2D eigenvalue weighted by molar-refractivity contribution is 6.35. The number of rotatable bonds is 4. The van der Waals surface area contributed by atoms with Gasteiger partial charge in [0.05, 0.1) is 0 Å². The van der Waals surface area contributed by atoms with Gasteiger partial charge in [-0.2, -0.15) is 0 Å². The average Bonchev–Trinajstić information content (AvgIpc) is 2.61. The standard InChI is InChI=1S/C21H24Cl2N2O/c1-14-3-4-15(2)20(11-14)24-21(26)16-7-9-25(10-8-16)13-17-5-6-18(22)12-19(17)23/h3-6,11-12,16H,7-10,13H2,1-2H3,(H,24,26). The Balaban J connectivity index is 1.54. The molecule has 2 aromatic rings. The quantitative estimate of drug-likeness (QED) is 0.751. The maximum Gasteiger partial charge on any atom is 0.227 e. The number of hydrogen-bond donors (Lipinski definition) is 1. The molecular formula is C21H24Cl2N2O. The number of aryl methyl sites for hydroxylation is 2. The summed E-state index contributed by atoms with van der Waals surface area (Å²) in [6.07, 6.45) is 1.73. The predicted octanol–water partition coefficient (Wildman–Crippen LogP) is 5.46. The van der Waals surface area contributed by atoms with Gasteiger partial charge in [-0.05, 0) is 74.7 Å². The predicted molar refractivity (Wildman–Crippen MR) is 109 cm³/mol. The number of nitrogens with one attached hydrogen (secondary N) is 1. The first-order chi connectivity index (χ1) is 12.4. The SMILES string of the molecule is Cc1ccc(C)c(NC(=O)C2CCN(Cc3ccc(Cl)cc3Cl)CC2)c1. The summed E-state index contributed by atoms with van der Waals surface area (Å²) in [4.78, 5) is 15.0. The van der Waals surface area contributed by atoms with Gasteiger partial charge in [-0.15, -0.1) is 0 Å². The normalized spacial score (nSPS) is 15.8. The first-order valence-corrected chi connectivity index (χ1v) is 9.72. The number of anilines is 1. The van der Waals surface area contributed by atoms with Crippen molar-refractivity contribution in [3.8, 4) is 0 Å². The Morgan fingerprint density at radius 2 is 1.85 bits per heavy atom. The number of carbonyl (C=O) groups excluding carboxylic acids is 1. The molecule has 3 rings (SSSR count). The van der Waals surface area contributed by atoms with Gasteiger partial charge in [0.25, 0.3) is 0 Å². The molecule has 1 saturated heterocycles. The van der Waals surface area contributed by atoms with Crippen molar-refractivity contribution in [3.63, 3.8) is 0 Å². The third kappa shape index (κ3) is 4.79. The van der Waals surface area contributed by atoms with E-state index in [1.165, 1.54) is 0 Å². The van der Waals surface area contributed by atoms with Gasteiger partial charge in [0.15, 0.2) is 0 Å². The Morgan fingerprint density at radius 3 is 2.54 bits per heavy atom. The third-order valence-corrected chi connectivity index (χ3v) is 5.61. The fourth-order valence-corrected chi connectivity index (χ4v) is 3.82. The lowest BCUT2D eigenvalue weighted by Gasteiger charge is -2.31. The van der Waals surface area contributed by atoms with Gasteiger partial charge in [0, 0.05) is 28.2 Å². The Kier molecular flexibility index (Phi) is 6.23. The summed E-state index contributed by atoms with van der Waals surface area (Å²) in [6.45, 7) is 6.64. The topological polar surface area (TPSA) is 32.3 Å². The van der Waals surface area contributed by atoms with Crippen LogP contribution in [-0.4, -0.2) is 23.9 Å². The van der Waals surface area contributed by atoms with E-state index in [4.69, 9.17) is 23.2 Å². The van der Waals surface area contributed by atoms with Crippen LogP contribution < -0.4 is 5.32 Å². The van der Waals surface area contributed by atoms with Crippen LogP contribution in [0.5, 0.6) is 0 Å². The van der Waals surface area contributed by atoms with E-state index >= 15 is 0 Å². The minimum atomic E-state index is 0.0619. The molecule has 0 atom stereocenters. The second-order valence-corrected chi connectivity index (χ2v) is 7.94. The Labute approximate surface area is 165 Å². The zero-order valence-corrected chi connectivity index (χ0v) is 16.7. The number of benzene rings is 2. The van der Waals surface area contributed by atoms with E-state index in [0.29, 0.717) is 10.0 Å². The van der Waals surface area contributed by atoms with E-state index in [9.17, 15) is 4.79 Å². The zero-order valence-electron chi connectivity index (χ0n) is 15.2. The van der Waals surface area contributed by atoms with Crippen LogP contribution in [0.3, 0.4) is 0 Å². The second-order valence-electron chi connectivity index (χ2n) is 7.09. The van der Waals surface area contributed by atoms with Gasteiger partial charge >= 0.3 is 0 Å². The average molecular weight is 391 g/mol. The van der Waals surface area contributed by atoms with Crippen LogP contribution in [0.4, 0.5) is 5.69 Å². The van der Waals surface area contributed by atoms with Crippen LogP contribution in [0.2, 0.25) is 10.0 Å². The van der Waals surface area contributed by atoms with E-state index in [2.05, 4.69) is 16.3 Å². The lowest BCUT2D eigenvalue weighted by molar-refractivity contribution is -0.121. The maximum absolute atomic E-state index is 12.6. The molecule has 0 bridgehead atoms. The van der Waals surface area contributed by atoms with Crippen LogP contribution in [0.25, 0.3) is 0 Å². The van der Waals surface area contributed by atoms with Crippen LogP contribution in [-0.2, 0) is 11.3 Å². The van der Waals surface area contributed by atoms with E-state index < -0.39 is 0 Å². The molecule has 138 valence electrons. The van der Waals surface area contributed by atoms with Gasteiger partial charge in [0.2, 0.25) is 5.91 Å². The lowest BCUT2D eigenvalue weighted by atomic mass is 9.95. The van der Waals surface area contributed by atoms with Gasteiger partial charge in [-0.1, -0.05) is 41.4 Å². The summed E-state index contributed by atoms with van der Waals surface area (Å²) < 4.78 is 0. The van der Waals surface area contributed by atoms with Gasteiger partial charge in [-0.25, -0.2) is 0 Å². The molecule has 1 aliphatic rings. The molecular weight excluding hydrogens is 367 g/mol. The van der Waals surface area contributed by atoms with Crippen molar-refractivity contribution in [2.75, 3.05) is 18.4 Å². The number of nitrogens with zero attached hydrogens (tertiary/aromatic N) is 1. The monoisotopic (exact) mass is 390 g/mol. The summed E-state index contributed by atoms with van der Waals surface area (Å²) in [5.41, 5.74) is 4.25. The molecule has 1 fully saturated rings. The summed E-state index contributed by atoms with van der Waals surface area (Å²) >= 11 is 12.2. The molecule has 0 saturated carbocycles. The van der Waals surface area contributed by atoms with Gasteiger partial charge in [0.1, 0.15) is 0 Å². The summed E-state index contributed by atoms with van der Waals surface area (Å²) in [6, 6.07) is 11.8. The van der Waals surface area contributed by atoms with Crippen LogP contribution in [0.15, 0.2) is 36.4 Å². The van der Waals surface area contributed by atoms with Crippen molar-refractivity contribution >= 4 is 34.8 Å². The highest BCUT2D eigenvalue weighted by Gasteiger charge is 2.25. The van der Waals surface area contributed by atoms with E-state index in [0.717, 1.165) is 54.9 Å². The fourth-order valence-electron chi connectivity index (χ4n) is 3.35. The molecule has 1 amide bonds. The van der Waals surface area contributed by atoms with Crippen LogP contribution in [0, 0.1) is 19.8 Å². The molecule has 0 aromatic heterocycles. The Bertz CT molecular complexity index is 799. The summed E-state index contributed by atoms with van der Waals surface area (Å²) in [5.74, 6) is 0.190. The molecule has 1 heterocycles. The first-order valence-electron chi connectivity index (χ1n) is 8.97. The van der Waals surface area contributed by atoms with Crippen molar-refractivity contribution in [2.45, 2.75) is 33.2 Å². The second kappa shape index (κ2) is 8.43. The Hall–Kier alpha value is -1.55. The fraction of sp³-hybridized carbons (Fsp3) is 0.381. The van der Waals surface area contributed by atoms with Crippen molar-refractivity contribution in [1.29, 1.82) is 0 Å². The molecule has 1 aliphatic heterocycles. The molecule has 3 nitrogen and oxygen atoms in total. The molecule has 5 heteroatoms. The molecule has 26 heavy (non-hydrogen) atoms. The van der Waals surface area contributed by atoms with Crippen molar-refractivity contribution in [3.05, 3.63) is 63.1 Å². The molecule has 0 spiro atoms. The Morgan fingerprint density at radius 1 is 1.12 bits per heavy atom. The van der Waals surface area contributed by atoms with Crippen molar-refractivity contribution in [1.82, 2.24) is 4.90 Å². The maximum atomic E-state index is 12.6. The zero-order chi connectivity index (χ0) is 18.7. The largest absolute Gasteiger partial charge is 0.326 e. The molecule has 0 unspecified atom stereocenters. The molecule has 1 N–H and O–H groups in total. The van der Waals surface area contributed by atoms with Gasteiger partial charge < -0.3 is 5.32 Å². The number of piperidine rings is 1. The minimum Gasteiger partial charge on any atom is -0.326 e. The number of amides is 1. The number of halogens is 2. The highest BCUT2D eigenvalue weighted by atomic mass is 35.5. The molecule has 0 aliphatic carbocycles. The minimum absolute atomic E-state index is 0.0619. The first kappa shape index (κ1) is 19.2. The smallest absolute Gasteiger partial charge is 0.227 e. The molecule has 0 radical (unpaired) electrons. The number of hydrogen-bond acceptors (Lipinski definition) is 2. The summed E-state index contributed by atoms with van der Waals surface area (Å²) in [5, 5.41) is 4.46. The van der Waals surface area contributed by atoms with Crippen molar-refractivity contribution < 1.29 is 4.79 Å². The number of likely N-dealkylation sites (tertiary alicyclic amines) is 1. The van der Waals surface area contributed by atoms with Crippen LogP contribution in [0.1, 0.15) is 29.5 Å². The lowest BCUT2D eigenvalue weighted by Crippen LogP contribution is -2.37. The third-order valence-electron chi connectivity index (χ3n) is 5.02. The summed E-state index contributed by atoms with van der Waals surface area (Å²) in [7, 11) is 0. The number of carbonyl (C=O) groups is 1.